The average Bonchev–Trinajstić information content (AvgIpc) is 2.92. The lowest BCUT2D eigenvalue weighted by Gasteiger charge is -2.26. The van der Waals surface area contributed by atoms with E-state index in [1.165, 1.54) is 40.7 Å². The lowest BCUT2D eigenvalue weighted by molar-refractivity contribution is -0.123. The van der Waals surface area contributed by atoms with E-state index in [0.717, 1.165) is 37.7 Å². The maximum Gasteiger partial charge on any atom is 0.258 e. The summed E-state index contributed by atoms with van der Waals surface area (Å²) in [7, 11) is -7.16. The Morgan fingerprint density at radius 1 is 0.892 bits per heavy atom. The van der Waals surface area contributed by atoms with E-state index >= 15 is 0 Å². The summed E-state index contributed by atoms with van der Waals surface area (Å²) in [5.41, 5.74) is 0.745. The van der Waals surface area contributed by atoms with Crippen molar-refractivity contribution in [3.63, 3.8) is 0 Å². The van der Waals surface area contributed by atoms with Gasteiger partial charge in [-0.1, -0.05) is 31.4 Å². The van der Waals surface area contributed by atoms with Crippen LogP contribution in [0.15, 0.2) is 58.3 Å². The number of hydrogen-bond donors (Lipinski definition) is 2. The second kappa shape index (κ2) is 12.4. The summed E-state index contributed by atoms with van der Waals surface area (Å²) in [6.45, 7) is 1.39. The highest BCUT2D eigenvalue weighted by Gasteiger charge is 2.26. The minimum atomic E-state index is -3.60. The second-order valence-corrected chi connectivity index (χ2v) is 12.8. The Kier molecular flexibility index (Phi) is 9.19. The summed E-state index contributed by atoms with van der Waals surface area (Å²) in [6.07, 6.45) is 4.92. The van der Waals surface area contributed by atoms with Crippen molar-refractivity contribution in [2.75, 3.05) is 32.9 Å². The van der Waals surface area contributed by atoms with E-state index < -0.39 is 20.0 Å². The monoisotopic (exact) mass is 551 g/mol. The van der Waals surface area contributed by atoms with E-state index in [1.807, 2.05) is 0 Å². The van der Waals surface area contributed by atoms with E-state index in [2.05, 4.69) is 10.0 Å². The smallest absolute Gasteiger partial charge is 0.258 e. The number of rotatable bonds is 10. The maximum absolute atomic E-state index is 12.7. The number of amides is 1. The molecular formula is C25H33N3O7S2. The molecule has 0 bridgehead atoms. The molecule has 12 heteroatoms. The first kappa shape index (κ1) is 27.5. The number of morpholine rings is 1. The van der Waals surface area contributed by atoms with Gasteiger partial charge in [0, 0.05) is 25.7 Å². The number of benzene rings is 2. The second-order valence-electron chi connectivity index (χ2n) is 9.15. The van der Waals surface area contributed by atoms with Gasteiger partial charge in [0.25, 0.3) is 5.91 Å². The minimum absolute atomic E-state index is 0.0243. The molecule has 1 aliphatic heterocycles. The maximum atomic E-state index is 12.7. The van der Waals surface area contributed by atoms with Gasteiger partial charge < -0.3 is 14.8 Å². The third-order valence-electron chi connectivity index (χ3n) is 6.45. The molecule has 0 radical (unpaired) electrons. The number of nitrogens with zero attached hydrogens (tertiary/aromatic N) is 1. The molecule has 1 saturated heterocycles. The number of carbonyl (C=O) groups excluding carboxylic acids is 1. The molecule has 202 valence electrons. The fourth-order valence-electron chi connectivity index (χ4n) is 4.34. The lowest BCUT2D eigenvalue weighted by Crippen LogP contribution is -2.40. The Morgan fingerprint density at radius 2 is 1.51 bits per heavy atom. The summed E-state index contributed by atoms with van der Waals surface area (Å²) in [5.74, 6) is 0.0186. The van der Waals surface area contributed by atoms with Gasteiger partial charge in [0.05, 0.1) is 23.0 Å². The van der Waals surface area contributed by atoms with Crippen molar-refractivity contribution in [3.8, 4) is 5.75 Å². The van der Waals surface area contributed by atoms with Crippen LogP contribution in [0.2, 0.25) is 0 Å². The van der Waals surface area contributed by atoms with Crippen LogP contribution in [-0.2, 0) is 36.1 Å². The molecule has 2 N–H and O–H groups in total. The van der Waals surface area contributed by atoms with Gasteiger partial charge in [0.1, 0.15) is 5.75 Å². The molecule has 2 aromatic carbocycles. The zero-order valence-electron chi connectivity index (χ0n) is 20.6. The average molecular weight is 552 g/mol. The number of sulfonamides is 2. The molecule has 1 amide bonds. The number of ether oxygens (including phenoxy) is 2. The fourth-order valence-corrected chi connectivity index (χ4v) is 7.05. The first-order valence-electron chi connectivity index (χ1n) is 12.4. The van der Waals surface area contributed by atoms with Crippen LogP contribution in [0.3, 0.4) is 0 Å². The van der Waals surface area contributed by atoms with Crippen molar-refractivity contribution < 1.29 is 31.1 Å². The SMILES string of the molecule is O=C(COc1ccc(S(=O)(=O)NC2CCCCC2)cc1)NCc1ccc(S(=O)(=O)N2CCOCC2)cc1. The lowest BCUT2D eigenvalue weighted by atomic mass is 9.96. The molecule has 0 atom stereocenters. The summed E-state index contributed by atoms with van der Waals surface area (Å²) < 4.78 is 65.5. The molecule has 1 aliphatic carbocycles. The van der Waals surface area contributed by atoms with Crippen molar-refractivity contribution in [1.29, 1.82) is 0 Å². The van der Waals surface area contributed by atoms with Crippen LogP contribution in [0, 0.1) is 0 Å². The summed E-state index contributed by atoms with van der Waals surface area (Å²) in [4.78, 5) is 12.6. The standard InChI is InChI=1S/C25H33N3O7S2/c29-25(26-18-20-6-10-24(11-7-20)37(32,33)28-14-16-34-17-15-28)19-35-22-8-12-23(13-9-22)36(30,31)27-21-4-2-1-3-5-21/h6-13,21,27H,1-5,14-19H2,(H,26,29). The van der Waals surface area contributed by atoms with Gasteiger partial charge in [-0.15, -0.1) is 0 Å². The van der Waals surface area contributed by atoms with E-state index in [0.29, 0.717) is 32.1 Å². The largest absolute Gasteiger partial charge is 0.484 e. The molecule has 4 rings (SSSR count). The zero-order valence-corrected chi connectivity index (χ0v) is 22.2. The molecule has 37 heavy (non-hydrogen) atoms. The van der Waals surface area contributed by atoms with Gasteiger partial charge in [0.15, 0.2) is 6.61 Å². The molecule has 10 nitrogen and oxygen atoms in total. The third kappa shape index (κ3) is 7.51. The zero-order chi connectivity index (χ0) is 26.3. The molecule has 0 aromatic heterocycles. The first-order chi connectivity index (χ1) is 17.7. The Bertz CT molecular complexity index is 1250. The Morgan fingerprint density at radius 3 is 2.16 bits per heavy atom. The molecule has 2 aromatic rings. The number of carbonyl (C=O) groups is 1. The number of nitrogens with one attached hydrogen (secondary N) is 2. The molecule has 0 unspecified atom stereocenters. The Balaban J connectivity index is 1.23. The molecule has 1 saturated carbocycles. The fraction of sp³-hybridized carbons (Fsp3) is 0.480. The van der Waals surface area contributed by atoms with Crippen molar-refractivity contribution in [2.45, 2.75) is 54.5 Å². The van der Waals surface area contributed by atoms with Crippen LogP contribution in [0.25, 0.3) is 0 Å². The van der Waals surface area contributed by atoms with Gasteiger partial charge in [-0.2, -0.15) is 4.31 Å². The predicted molar refractivity (Wildman–Crippen MR) is 137 cm³/mol. The van der Waals surface area contributed by atoms with Gasteiger partial charge in [-0.05, 0) is 54.8 Å². The topological polar surface area (TPSA) is 131 Å². The summed E-state index contributed by atoms with van der Waals surface area (Å²) in [6, 6.07) is 12.3. The van der Waals surface area contributed by atoms with Crippen LogP contribution in [-0.4, -0.2) is 66.0 Å². The van der Waals surface area contributed by atoms with Gasteiger partial charge >= 0.3 is 0 Å². The van der Waals surface area contributed by atoms with Gasteiger partial charge in [0.2, 0.25) is 20.0 Å². The summed E-state index contributed by atoms with van der Waals surface area (Å²) >= 11 is 0. The highest BCUT2D eigenvalue weighted by atomic mass is 32.2. The Labute approximate surface area is 218 Å². The van der Waals surface area contributed by atoms with E-state index in [-0.39, 0.29) is 34.9 Å². The molecule has 2 fully saturated rings. The van der Waals surface area contributed by atoms with Crippen molar-refractivity contribution >= 4 is 26.0 Å². The van der Waals surface area contributed by atoms with Crippen LogP contribution >= 0.6 is 0 Å². The molecular weight excluding hydrogens is 518 g/mol. The van der Waals surface area contributed by atoms with Crippen molar-refractivity contribution in [3.05, 3.63) is 54.1 Å². The van der Waals surface area contributed by atoms with Crippen molar-refractivity contribution in [2.24, 2.45) is 0 Å². The highest BCUT2D eigenvalue weighted by Crippen LogP contribution is 2.21. The first-order valence-corrected chi connectivity index (χ1v) is 15.4. The van der Waals surface area contributed by atoms with Gasteiger partial charge in [-0.3, -0.25) is 4.79 Å². The highest BCUT2D eigenvalue weighted by molar-refractivity contribution is 7.89. The number of hydrogen-bond acceptors (Lipinski definition) is 7. The van der Waals surface area contributed by atoms with Gasteiger partial charge in [-0.25, -0.2) is 21.6 Å². The van der Waals surface area contributed by atoms with E-state index in [9.17, 15) is 21.6 Å². The normalized spacial score (nSPS) is 17.8. The van der Waals surface area contributed by atoms with Crippen LogP contribution < -0.4 is 14.8 Å². The minimum Gasteiger partial charge on any atom is -0.484 e. The summed E-state index contributed by atoms with van der Waals surface area (Å²) in [5, 5.41) is 2.73. The quantitative estimate of drug-likeness (QED) is 0.462. The van der Waals surface area contributed by atoms with E-state index in [1.54, 1.807) is 12.1 Å². The van der Waals surface area contributed by atoms with E-state index in [4.69, 9.17) is 9.47 Å². The van der Waals surface area contributed by atoms with Crippen LogP contribution in [0.1, 0.15) is 37.7 Å². The van der Waals surface area contributed by atoms with Crippen LogP contribution in [0.4, 0.5) is 0 Å². The Hall–Kier alpha value is -2.51. The predicted octanol–water partition coefficient (Wildman–Crippen LogP) is 2.01. The molecule has 1 heterocycles. The molecule has 2 aliphatic rings. The van der Waals surface area contributed by atoms with Crippen LogP contribution in [0.5, 0.6) is 5.75 Å². The molecule has 0 spiro atoms. The third-order valence-corrected chi connectivity index (χ3v) is 9.90. The van der Waals surface area contributed by atoms with Crippen molar-refractivity contribution in [1.82, 2.24) is 14.3 Å².